The van der Waals surface area contributed by atoms with E-state index in [1.54, 1.807) is 4.90 Å². The summed E-state index contributed by atoms with van der Waals surface area (Å²) in [5.41, 5.74) is -0.711. The molecule has 3 unspecified atom stereocenters. The van der Waals surface area contributed by atoms with E-state index in [-0.39, 0.29) is 23.7 Å². The number of hydrogen-bond acceptors (Lipinski definition) is 5. The molecule has 4 saturated carbocycles. The zero-order valence-electron chi connectivity index (χ0n) is 17.1. The number of carbonyl (C=O) groups is 2. The normalized spacial score (nSPS) is 38.8. The van der Waals surface area contributed by atoms with Crippen LogP contribution in [0.15, 0.2) is 0 Å². The molecule has 4 aliphatic carbocycles. The van der Waals surface area contributed by atoms with Crippen LogP contribution in [0.25, 0.3) is 0 Å². The highest BCUT2D eigenvalue weighted by Gasteiger charge is 2.57. The van der Waals surface area contributed by atoms with Crippen LogP contribution in [0.3, 0.4) is 0 Å². The monoisotopic (exact) mass is 389 g/mol. The number of rotatable bonds is 2. The second-order valence-electron chi connectivity index (χ2n) is 10.3. The van der Waals surface area contributed by atoms with Crippen molar-refractivity contribution in [1.82, 2.24) is 10.2 Å². The van der Waals surface area contributed by atoms with Gasteiger partial charge < -0.3 is 19.7 Å². The number of carbonyl (C=O) groups excluding carboxylic acids is 2. The molecule has 2 amide bonds. The average Bonchev–Trinajstić information content (AvgIpc) is 3.04. The fourth-order valence-electron chi connectivity index (χ4n) is 6.02. The van der Waals surface area contributed by atoms with E-state index in [1.807, 2.05) is 20.8 Å². The van der Waals surface area contributed by atoms with Crippen molar-refractivity contribution in [3.05, 3.63) is 0 Å². The number of nitrogens with one attached hydrogen (secondary N) is 1. The summed E-state index contributed by atoms with van der Waals surface area (Å²) >= 11 is 0. The van der Waals surface area contributed by atoms with Gasteiger partial charge in [-0.3, -0.25) is 0 Å². The predicted octanol–water partition coefficient (Wildman–Crippen LogP) is 3.44. The number of nitriles is 1. The van der Waals surface area contributed by atoms with Gasteiger partial charge >= 0.3 is 12.2 Å². The van der Waals surface area contributed by atoms with Gasteiger partial charge in [-0.05, 0) is 77.0 Å². The number of alkyl carbamates (subject to hydrolysis) is 1. The van der Waals surface area contributed by atoms with Crippen LogP contribution in [0.5, 0.6) is 0 Å². The molecule has 28 heavy (non-hydrogen) atoms. The van der Waals surface area contributed by atoms with Gasteiger partial charge in [0, 0.05) is 13.1 Å². The van der Waals surface area contributed by atoms with Gasteiger partial charge in [-0.2, -0.15) is 5.26 Å². The summed E-state index contributed by atoms with van der Waals surface area (Å²) in [6.07, 6.45) is 4.86. The Kier molecular flexibility index (Phi) is 4.71. The fraction of sp³-hybridized carbons (Fsp3) is 0.857. The van der Waals surface area contributed by atoms with E-state index in [2.05, 4.69) is 11.4 Å². The average molecular weight is 389 g/mol. The molecule has 0 aromatic heterocycles. The Hall–Kier alpha value is -1.97. The molecule has 7 nitrogen and oxygen atoms in total. The van der Waals surface area contributed by atoms with Crippen molar-refractivity contribution in [2.45, 2.75) is 77.0 Å². The SMILES string of the molecule is CC(C)(C)OC(=O)N[C@@H]1CCN(C(=O)OC2C3CC4C[C@H]2C[C@@](C#N)(C4)C3)C1. The number of likely N-dealkylation sites (tertiary alicyclic amines) is 1. The summed E-state index contributed by atoms with van der Waals surface area (Å²) in [5, 5.41) is 12.5. The quantitative estimate of drug-likeness (QED) is 0.781. The van der Waals surface area contributed by atoms with Crippen LogP contribution < -0.4 is 5.32 Å². The smallest absolute Gasteiger partial charge is 0.410 e. The maximum atomic E-state index is 12.7. The first-order chi connectivity index (χ1) is 13.2. The Morgan fingerprint density at radius 1 is 1.18 bits per heavy atom. The molecule has 4 bridgehead atoms. The van der Waals surface area contributed by atoms with Gasteiger partial charge in [0.25, 0.3) is 0 Å². The first-order valence-corrected chi connectivity index (χ1v) is 10.5. The largest absolute Gasteiger partial charge is 0.446 e. The molecule has 1 aliphatic heterocycles. The second-order valence-corrected chi connectivity index (χ2v) is 10.3. The third kappa shape index (κ3) is 3.78. The molecular formula is C21H31N3O4. The zero-order chi connectivity index (χ0) is 20.1. The molecule has 154 valence electrons. The third-order valence-electron chi connectivity index (χ3n) is 6.83. The molecule has 0 radical (unpaired) electrons. The maximum Gasteiger partial charge on any atom is 0.410 e. The van der Waals surface area contributed by atoms with Gasteiger partial charge in [-0.1, -0.05) is 0 Å². The molecule has 1 saturated heterocycles. The lowest BCUT2D eigenvalue weighted by molar-refractivity contribution is -0.121. The molecule has 0 aromatic rings. The summed E-state index contributed by atoms with van der Waals surface area (Å²) in [4.78, 5) is 26.4. The Bertz CT molecular complexity index is 679. The Morgan fingerprint density at radius 2 is 1.86 bits per heavy atom. The standard InChI is InChI=1S/C21H31N3O4/c1-20(2,3)28-18(25)23-16-4-5-24(11-16)19(26)27-17-14-6-13-7-15(17)10-21(8-13,9-14)12-22/h13-17H,4-11H2,1-3H3,(H,23,25)/t13?,14-,15?,16+,17?,21-/m0/s1. The van der Waals surface area contributed by atoms with Crippen LogP contribution in [0.1, 0.15) is 59.3 Å². The Balaban J connectivity index is 1.30. The Morgan fingerprint density at radius 3 is 2.46 bits per heavy atom. The van der Waals surface area contributed by atoms with E-state index < -0.39 is 11.7 Å². The van der Waals surface area contributed by atoms with Gasteiger partial charge in [0.1, 0.15) is 11.7 Å². The molecular weight excluding hydrogens is 358 g/mol. The maximum absolute atomic E-state index is 12.7. The molecule has 5 aliphatic rings. The summed E-state index contributed by atoms with van der Waals surface area (Å²) in [6.45, 7) is 6.50. The molecule has 5 rings (SSSR count). The van der Waals surface area contributed by atoms with Crippen LogP contribution in [-0.2, 0) is 9.47 Å². The van der Waals surface area contributed by atoms with Crippen molar-refractivity contribution in [3.8, 4) is 6.07 Å². The van der Waals surface area contributed by atoms with E-state index in [0.717, 1.165) is 32.1 Å². The van der Waals surface area contributed by atoms with E-state index in [1.165, 1.54) is 0 Å². The summed E-state index contributed by atoms with van der Waals surface area (Å²) < 4.78 is 11.3. The molecule has 1 N–H and O–H groups in total. The Labute approximate surface area is 166 Å². The number of amides is 2. The van der Waals surface area contributed by atoms with Crippen LogP contribution in [0.2, 0.25) is 0 Å². The van der Waals surface area contributed by atoms with Crippen molar-refractivity contribution in [1.29, 1.82) is 5.26 Å². The first-order valence-electron chi connectivity index (χ1n) is 10.5. The molecule has 5 fully saturated rings. The predicted molar refractivity (Wildman–Crippen MR) is 101 cm³/mol. The van der Waals surface area contributed by atoms with E-state index >= 15 is 0 Å². The highest BCUT2D eigenvalue weighted by Crippen LogP contribution is 2.60. The van der Waals surface area contributed by atoms with Crippen LogP contribution in [0.4, 0.5) is 9.59 Å². The van der Waals surface area contributed by atoms with E-state index in [0.29, 0.717) is 37.3 Å². The minimum absolute atomic E-state index is 0.0524. The highest BCUT2D eigenvalue weighted by atomic mass is 16.6. The van der Waals surface area contributed by atoms with Gasteiger partial charge in [-0.15, -0.1) is 0 Å². The lowest BCUT2D eigenvalue weighted by atomic mass is 9.49. The van der Waals surface area contributed by atoms with Crippen LogP contribution in [0, 0.1) is 34.5 Å². The topological polar surface area (TPSA) is 91.7 Å². The van der Waals surface area contributed by atoms with Crippen LogP contribution in [-0.4, -0.2) is 47.9 Å². The van der Waals surface area contributed by atoms with Gasteiger partial charge in [-0.25, -0.2) is 9.59 Å². The minimum Gasteiger partial charge on any atom is -0.446 e. The van der Waals surface area contributed by atoms with Crippen molar-refractivity contribution >= 4 is 12.2 Å². The zero-order valence-corrected chi connectivity index (χ0v) is 17.1. The lowest BCUT2D eigenvalue weighted by Gasteiger charge is -2.56. The van der Waals surface area contributed by atoms with Gasteiger partial charge in [0.2, 0.25) is 0 Å². The minimum atomic E-state index is -0.540. The van der Waals surface area contributed by atoms with Crippen molar-refractivity contribution < 1.29 is 19.1 Å². The molecule has 7 heteroatoms. The second kappa shape index (κ2) is 6.82. The van der Waals surface area contributed by atoms with Crippen molar-refractivity contribution in [3.63, 3.8) is 0 Å². The van der Waals surface area contributed by atoms with Gasteiger partial charge in [0.15, 0.2) is 0 Å². The number of hydrogen-bond donors (Lipinski definition) is 1. The molecule has 0 aromatic carbocycles. The van der Waals surface area contributed by atoms with Crippen LogP contribution >= 0.6 is 0 Å². The number of ether oxygens (including phenoxy) is 2. The third-order valence-corrected chi connectivity index (χ3v) is 6.83. The van der Waals surface area contributed by atoms with Crippen molar-refractivity contribution in [2.24, 2.45) is 23.2 Å². The summed E-state index contributed by atoms with van der Waals surface area (Å²) in [5.74, 6) is 1.28. The molecule has 0 spiro atoms. The first kappa shape index (κ1) is 19.4. The lowest BCUT2D eigenvalue weighted by Crippen LogP contribution is -2.55. The van der Waals surface area contributed by atoms with Crippen molar-refractivity contribution in [2.75, 3.05) is 13.1 Å². The summed E-state index contributed by atoms with van der Waals surface area (Å²) in [6, 6.07) is 2.47. The molecule has 1 heterocycles. The fourth-order valence-corrected chi connectivity index (χ4v) is 6.02. The van der Waals surface area contributed by atoms with Gasteiger partial charge in [0.05, 0.1) is 17.5 Å². The number of nitrogens with zero attached hydrogens (tertiary/aromatic N) is 2. The molecule has 6 atom stereocenters. The van der Waals surface area contributed by atoms with E-state index in [9.17, 15) is 14.9 Å². The van der Waals surface area contributed by atoms with E-state index in [4.69, 9.17) is 9.47 Å². The highest BCUT2D eigenvalue weighted by molar-refractivity contribution is 5.70. The summed E-state index contributed by atoms with van der Waals surface area (Å²) in [7, 11) is 0.